The van der Waals surface area contributed by atoms with Gasteiger partial charge in [-0.3, -0.25) is 9.78 Å². The number of anilines is 1. The van der Waals surface area contributed by atoms with E-state index in [2.05, 4.69) is 22.5 Å². The predicted molar refractivity (Wildman–Crippen MR) is 81.9 cm³/mol. The van der Waals surface area contributed by atoms with Gasteiger partial charge in [0, 0.05) is 25.0 Å². The Kier molecular flexibility index (Phi) is 5.39. The normalized spacial score (nSPS) is 17.5. The second-order valence-corrected chi connectivity index (χ2v) is 5.57. The topological polar surface area (TPSA) is 54.0 Å². The van der Waals surface area contributed by atoms with Crippen LogP contribution in [-0.2, 0) is 0 Å². The van der Waals surface area contributed by atoms with Crippen LogP contribution >= 0.6 is 0 Å². The Hall–Kier alpha value is -1.58. The lowest BCUT2D eigenvalue weighted by molar-refractivity contribution is 0.0906. The maximum Gasteiger partial charge on any atom is 0.270 e. The van der Waals surface area contributed by atoms with Gasteiger partial charge in [-0.15, -0.1) is 0 Å². The molecule has 0 spiro atoms. The van der Waals surface area contributed by atoms with E-state index in [0.29, 0.717) is 11.6 Å². The Labute approximate surface area is 121 Å². The van der Waals surface area contributed by atoms with Crippen LogP contribution in [-0.4, -0.2) is 24.0 Å². The summed E-state index contributed by atoms with van der Waals surface area (Å²) in [6, 6.07) is 3.93. The molecule has 0 saturated heterocycles. The van der Waals surface area contributed by atoms with Gasteiger partial charge < -0.3 is 10.6 Å². The molecule has 1 heterocycles. The minimum atomic E-state index is -0.0560. The highest BCUT2D eigenvalue weighted by Gasteiger charge is 2.24. The molecule has 2 rings (SSSR count). The maximum atomic E-state index is 12.3. The van der Waals surface area contributed by atoms with E-state index >= 15 is 0 Å². The van der Waals surface area contributed by atoms with Gasteiger partial charge in [0.05, 0.1) is 0 Å². The summed E-state index contributed by atoms with van der Waals surface area (Å²) in [6.45, 7) is 2.15. The first kappa shape index (κ1) is 14.8. The van der Waals surface area contributed by atoms with Crippen LogP contribution in [0.15, 0.2) is 18.3 Å². The number of pyridine rings is 1. The fraction of sp³-hybridized carbons (Fsp3) is 0.625. The van der Waals surface area contributed by atoms with Crippen molar-refractivity contribution in [2.75, 3.05) is 12.4 Å². The van der Waals surface area contributed by atoms with Gasteiger partial charge in [-0.1, -0.05) is 26.2 Å². The van der Waals surface area contributed by atoms with Crippen molar-refractivity contribution in [1.82, 2.24) is 10.3 Å². The van der Waals surface area contributed by atoms with Crippen LogP contribution in [0.1, 0.15) is 55.9 Å². The van der Waals surface area contributed by atoms with Gasteiger partial charge in [0.25, 0.3) is 5.91 Å². The average molecular weight is 275 g/mol. The van der Waals surface area contributed by atoms with Crippen molar-refractivity contribution in [1.29, 1.82) is 0 Å². The number of rotatable bonds is 5. The van der Waals surface area contributed by atoms with Crippen LogP contribution < -0.4 is 10.6 Å². The fourth-order valence-electron chi connectivity index (χ4n) is 3.04. The van der Waals surface area contributed by atoms with Crippen molar-refractivity contribution in [3.8, 4) is 0 Å². The molecule has 2 N–H and O–H groups in total. The molecule has 4 heteroatoms. The lowest BCUT2D eigenvalue weighted by Gasteiger charge is -2.30. The molecule has 1 fully saturated rings. The third kappa shape index (κ3) is 3.71. The number of aromatic nitrogens is 1. The summed E-state index contributed by atoms with van der Waals surface area (Å²) >= 11 is 0. The number of carbonyl (C=O) groups is 1. The molecule has 1 aromatic rings. The Balaban J connectivity index is 2.00. The summed E-state index contributed by atoms with van der Waals surface area (Å²) in [6.07, 6.45) is 9.07. The molecule has 4 nitrogen and oxygen atoms in total. The number of nitrogens with one attached hydrogen (secondary N) is 2. The zero-order valence-corrected chi connectivity index (χ0v) is 12.5. The van der Waals surface area contributed by atoms with E-state index in [1.807, 2.05) is 13.1 Å². The van der Waals surface area contributed by atoms with Crippen molar-refractivity contribution in [2.45, 2.75) is 51.5 Å². The summed E-state index contributed by atoms with van der Waals surface area (Å²) in [5, 5.41) is 6.21. The van der Waals surface area contributed by atoms with Crippen LogP contribution in [0.25, 0.3) is 0 Å². The van der Waals surface area contributed by atoms with Gasteiger partial charge in [-0.05, 0) is 37.3 Å². The molecule has 0 aromatic carbocycles. The van der Waals surface area contributed by atoms with Crippen LogP contribution in [0.4, 0.5) is 5.69 Å². The van der Waals surface area contributed by atoms with Crippen molar-refractivity contribution in [2.24, 2.45) is 5.92 Å². The van der Waals surface area contributed by atoms with E-state index in [9.17, 15) is 4.79 Å². The molecular formula is C16H25N3O. The second-order valence-electron chi connectivity index (χ2n) is 5.57. The van der Waals surface area contributed by atoms with E-state index < -0.39 is 0 Å². The Morgan fingerprint density at radius 2 is 2.15 bits per heavy atom. The molecule has 1 aliphatic rings. The zero-order valence-electron chi connectivity index (χ0n) is 12.5. The Morgan fingerprint density at radius 1 is 1.40 bits per heavy atom. The molecule has 1 atom stereocenters. The molecular weight excluding hydrogens is 250 g/mol. The summed E-state index contributed by atoms with van der Waals surface area (Å²) in [7, 11) is 1.84. The SMILES string of the molecule is CCC(NC(=O)c1cc(NC)ccn1)C1CCCCC1. The van der Waals surface area contributed by atoms with Crippen LogP contribution in [0, 0.1) is 5.92 Å². The quantitative estimate of drug-likeness (QED) is 0.867. The van der Waals surface area contributed by atoms with E-state index in [1.54, 1.807) is 12.3 Å². The van der Waals surface area contributed by atoms with E-state index in [1.165, 1.54) is 32.1 Å². The molecule has 110 valence electrons. The second kappa shape index (κ2) is 7.27. The molecule has 1 aromatic heterocycles. The zero-order chi connectivity index (χ0) is 14.4. The largest absolute Gasteiger partial charge is 0.388 e. The minimum Gasteiger partial charge on any atom is -0.388 e. The van der Waals surface area contributed by atoms with Crippen molar-refractivity contribution in [3.63, 3.8) is 0 Å². The molecule has 0 aliphatic heterocycles. The smallest absolute Gasteiger partial charge is 0.270 e. The summed E-state index contributed by atoms with van der Waals surface area (Å²) in [4.78, 5) is 16.5. The summed E-state index contributed by atoms with van der Waals surface area (Å²) in [5.74, 6) is 0.574. The fourth-order valence-corrected chi connectivity index (χ4v) is 3.04. The first-order chi connectivity index (χ1) is 9.74. The standard InChI is InChI=1S/C16H25N3O/c1-3-14(12-7-5-4-6-8-12)19-16(20)15-11-13(17-2)9-10-18-15/h9-12,14H,3-8H2,1-2H3,(H,17,18)(H,19,20). The van der Waals surface area contributed by atoms with Gasteiger partial charge in [0.15, 0.2) is 0 Å². The third-order valence-corrected chi connectivity index (χ3v) is 4.26. The van der Waals surface area contributed by atoms with E-state index in [-0.39, 0.29) is 11.9 Å². The molecule has 1 unspecified atom stereocenters. The highest BCUT2D eigenvalue weighted by Crippen LogP contribution is 2.27. The summed E-state index contributed by atoms with van der Waals surface area (Å²) < 4.78 is 0. The average Bonchev–Trinajstić information content (AvgIpc) is 2.53. The van der Waals surface area contributed by atoms with Crippen molar-refractivity contribution in [3.05, 3.63) is 24.0 Å². The van der Waals surface area contributed by atoms with Crippen LogP contribution in [0.5, 0.6) is 0 Å². The molecule has 0 bridgehead atoms. The highest BCUT2D eigenvalue weighted by molar-refractivity contribution is 5.93. The van der Waals surface area contributed by atoms with Crippen LogP contribution in [0.3, 0.4) is 0 Å². The lowest BCUT2D eigenvalue weighted by atomic mass is 9.83. The molecule has 1 saturated carbocycles. The molecule has 1 amide bonds. The first-order valence-corrected chi connectivity index (χ1v) is 7.69. The van der Waals surface area contributed by atoms with Gasteiger partial charge in [-0.25, -0.2) is 0 Å². The maximum absolute atomic E-state index is 12.3. The van der Waals surface area contributed by atoms with Gasteiger partial charge in [0.1, 0.15) is 5.69 Å². The van der Waals surface area contributed by atoms with Crippen LogP contribution in [0.2, 0.25) is 0 Å². The molecule has 20 heavy (non-hydrogen) atoms. The number of carbonyl (C=O) groups excluding carboxylic acids is 1. The monoisotopic (exact) mass is 275 g/mol. The van der Waals surface area contributed by atoms with Crippen molar-refractivity contribution >= 4 is 11.6 Å². The Bertz CT molecular complexity index is 441. The molecule has 0 radical (unpaired) electrons. The highest BCUT2D eigenvalue weighted by atomic mass is 16.1. The van der Waals surface area contributed by atoms with E-state index in [0.717, 1.165) is 12.1 Å². The molecule has 1 aliphatic carbocycles. The number of amides is 1. The van der Waals surface area contributed by atoms with Gasteiger partial charge in [-0.2, -0.15) is 0 Å². The number of hydrogen-bond acceptors (Lipinski definition) is 3. The third-order valence-electron chi connectivity index (χ3n) is 4.26. The summed E-state index contributed by atoms with van der Waals surface area (Å²) in [5.41, 5.74) is 1.40. The van der Waals surface area contributed by atoms with Crippen molar-refractivity contribution < 1.29 is 4.79 Å². The van der Waals surface area contributed by atoms with E-state index in [4.69, 9.17) is 0 Å². The number of nitrogens with zero attached hydrogens (tertiary/aromatic N) is 1. The predicted octanol–water partition coefficient (Wildman–Crippen LogP) is 3.21. The van der Waals surface area contributed by atoms with Gasteiger partial charge >= 0.3 is 0 Å². The Morgan fingerprint density at radius 3 is 2.80 bits per heavy atom. The lowest BCUT2D eigenvalue weighted by Crippen LogP contribution is -2.41. The minimum absolute atomic E-state index is 0.0560. The van der Waals surface area contributed by atoms with Gasteiger partial charge in [0.2, 0.25) is 0 Å². The first-order valence-electron chi connectivity index (χ1n) is 7.69. The number of hydrogen-bond donors (Lipinski definition) is 2.